The van der Waals surface area contributed by atoms with E-state index in [9.17, 15) is 5.11 Å². The fourth-order valence-electron chi connectivity index (χ4n) is 2.02. The van der Waals surface area contributed by atoms with Crippen molar-refractivity contribution in [3.63, 3.8) is 0 Å². The summed E-state index contributed by atoms with van der Waals surface area (Å²) in [7, 11) is 0. The maximum Gasteiger partial charge on any atom is 0.122 e. The number of aliphatic hydroxyl groups is 1. The molecule has 0 spiro atoms. The topological polar surface area (TPSA) is 41.5 Å². The highest BCUT2D eigenvalue weighted by atomic mass is 16.5. The van der Waals surface area contributed by atoms with Gasteiger partial charge >= 0.3 is 0 Å². The molecule has 17 heavy (non-hydrogen) atoms. The van der Waals surface area contributed by atoms with Gasteiger partial charge in [0.1, 0.15) is 5.75 Å². The summed E-state index contributed by atoms with van der Waals surface area (Å²) in [5.41, 5.74) is 2.02. The molecule has 1 aliphatic rings. The first-order valence-electron chi connectivity index (χ1n) is 6.22. The second kappa shape index (κ2) is 5.07. The number of nitrogens with one attached hydrogen (secondary N) is 1. The fourth-order valence-corrected chi connectivity index (χ4v) is 2.02. The number of rotatable bonds is 5. The summed E-state index contributed by atoms with van der Waals surface area (Å²) >= 11 is 0. The first kappa shape index (κ1) is 12.4. The Kier molecular flexibility index (Phi) is 3.69. The lowest BCUT2D eigenvalue weighted by molar-refractivity contribution is 0.0801. The average molecular weight is 235 g/mol. The first-order chi connectivity index (χ1) is 8.04. The maximum absolute atomic E-state index is 9.56. The molecule has 0 saturated heterocycles. The van der Waals surface area contributed by atoms with Gasteiger partial charge < -0.3 is 15.2 Å². The minimum atomic E-state index is -0.633. The zero-order chi connectivity index (χ0) is 12.3. The third-order valence-electron chi connectivity index (χ3n) is 2.90. The third-order valence-corrected chi connectivity index (χ3v) is 2.90. The Morgan fingerprint density at radius 3 is 3.00 bits per heavy atom. The standard InChI is InChI=1S/C14H21NO2/c1-14(2,16)10-15-7-5-11-3-4-13-12(9-11)6-8-17-13/h3-4,9,15-16H,5-8,10H2,1-2H3. The lowest BCUT2D eigenvalue weighted by Crippen LogP contribution is -2.35. The largest absolute Gasteiger partial charge is 0.493 e. The molecule has 0 saturated carbocycles. The molecule has 2 rings (SSSR count). The summed E-state index contributed by atoms with van der Waals surface area (Å²) in [5.74, 6) is 1.04. The maximum atomic E-state index is 9.56. The first-order valence-corrected chi connectivity index (χ1v) is 6.22. The van der Waals surface area contributed by atoms with Crippen LogP contribution in [0.5, 0.6) is 5.75 Å². The van der Waals surface area contributed by atoms with Crippen molar-refractivity contribution in [3.05, 3.63) is 29.3 Å². The van der Waals surface area contributed by atoms with E-state index in [1.807, 2.05) is 13.8 Å². The number of ether oxygens (including phenoxy) is 1. The van der Waals surface area contributed by atoms with E-state index in [4.69, 9.17) is 4.74 Å². The molecular weight excluding hydrogens is 214 g/mol. The highest BCUT2D eigenvalue weighted by Crippen LogP contribution is 2.25. The third kappa shape index (κ3) is 3.72. The van der Waals surface area contributed by atoms with Crippen molar-refractivity contribution >= 4 is 0 Å². The van der Waals surface area contributed by atoms with Gasteiger partial charge in [-0.25, -0.2) is 0 Å². The predicted octanol–water partition coefficient (Wildman–Crippen LogP) is 1.52. The highest BCUT2D eigenvalue weighted by molar-refractivity contribution is 5.39. The molecule has 2 N–H and O–H groups in total. The quantitative estimate of drug-likeness (QED) is 0.760. The summed E-state index contributed by atoms with van der Waals surface area (Å²) in [6.45, 7) is 5.96. The van der Waals surface area contributed by atoms with Crippen LogP contribution in [0.15, 0.2) is 18.2 Å². The van der Waals surface area contributed by atoms with Crippen LogP contribution in [-0.2, 0) is 12.8 Å². The van der Waals surface area contributed by atoms with Crippen LogP contribution in [0.4, 0.5) is 0 Å². The Morgan fingerprint density at radius 2 is 2.24 bits per heavy atom. The molecule has 3 heteroatoms. The van der Waals surface area contributed by atoms with E-state index in [-0.39, 0.29) is 0 Å². The monoisotopic (exact) mass is 235 g/mol. The van der Waals surface area contributed by atoms with Crippen LogP contribution in [-0.4, -0.2) is 30.4 Å². The van der Waals surface area contributed by atoms with Gasteiger partial charge in [-0.1, -0.05) is 12.1 Å². The van der Waals surface area contributed by atoms with Gasteiger partial charge in [0.25, 0.3) is 0 Å². The lowest BCUT2D eigenvalue weighted by atomic mass is 10.1. The smallest absolute Gasteiger partial charge is 0.122 e. The van der Waals surface area contributed by atoms with Crippen molar-refractivity contribution in [3.8, 4) is 5.75 Å². The second-order valence-corrected chi connectivity index (χ2v) is 5.28. The molecule has 0 aliphatic carbocycles. The van der Waals surface area contributed by atoms with Crippen molar-refractivity contribution in [1.29, 1.82) is 0 Å². The summed E-state index contributed by atoms with van der Waals surface area (Å²) in [6.07, 6.45) is 2.02. The van der Waals surface area contributed by atoms with Crippen molar-refractivity contribution < 1.29 is 9.84 Å². The summed E-state index contributed by atoms with van der Waals surface area (Å²) < 4.78 is 5.48. The van der Waals surface area contributed by atoms with Crippen molar-refractivity contribution in [2.75, 3.05) is 19.7 Å². The van der Waals surface area contributed by atoms with Gasteiger partial charge in [0.05, 0.1) is 12.2 Å². The molecule has 0 aromatic heterocycles. The van der Waals surface area contributed by atoms with Crippen LogP contribution in [0.1, 0.15) is 25.0 Å². The predicted molar refractivity (Wildman–Crippen MR) is 68.5 cm³/mol. The normalized spacial score (nSPS) is 14.5. The van der Waals surface area contributed by atoms with Crippen LogP contribution in [0.2, 0.25) is 0 Å². The lowest BCUT2D eigenvalue weighted by Gasteiger charge is -2.17. The number of benzene rings is 1. The van der Waals surface area contributed by atoms with Crippen LogP contribution >= 0.6 is 0 Å². The number of fused-ring (bicyclic) bond motifs is 1. The Bertz CT molecular complexity index is 382. The van der Waals surface area contributed by atoms with E-state index in [1.54, 1.807) is 0 Å². The van der Waals surface area contributed by atoms with Gasteiger partial charge in [0.15, 0.2) is 0 Å². The molecule has 0 unspecified atom stereocenters. The van der Waals surface area contributed by atoms with E-state index < -0.39 is 5.60 Å². The summed E-state index contributed by atoms with van der Waals surface area (Å²) in [6, 6.07) is 6.41. The molecule has 0 atom stereocenters. The van der Waals surface area contributed by atoms with E-state index in [0.717, 1.165) is 31.7 Å². The van der Waals surface area contributed by atoms with Gasteiger partial charge in [-0.15, -0.1) is 0 Å². The molecule has 0 bridgehead atoms. The molecule has 0 radical (unpaired) electrons. The fraction of sp³-hybridized carbons (Fsp3) is 0.571. The van der Waals surface area contributed by atoms with Crippen LogP contribution in [0, 0.1) is 0 Å². The molecule has 1 aromatic rings. The van der Waals surface area contributed by atoms with E-state index in [2.05, 4.69) is 23.5 Å². The SMILES string of the molecule is CC(C)(O)CNCCc1ccc2c(c1)CCO2. The Hall–Kier alpha value is -1.06. The highest BCUT2D eigenvalue weighted by Gasteiger charge is 2.13. The van der Waals surface area contributed by atoms with Crippen LogP contribution in [0.3, 0.4) is 0 Å². The van der Waals surface area contributed by atoms with Crippen LogP contribution in [0.25, 0.3) is 0 Å². The van der Waals surface area contributed by atoms with E-state index in [0.29, 0.717) is 6.54 Å². The molecule has 0 amide bonds. The minimum absolute atomic E-state index is 0.626. The minimum Gasteiger partial charge on any atom is -0.493 e. The Balaban J connectivity index is 1.80. The van der Waals surface area contributed by atoms with Gasteiger partial charge in [-0.3, -0.25) is 0 Å². The Morgan fingerprint density at radius 1 is 1.41 bits per heavy atom. The van der Waals surface area contributed by atoms with E-state index >= 15 is 0 Å². The van der Waals surface area contributed by atoms with Crippen molar-refractivity contribution in [2.45, 2.75) is 32.3 Å². The summed E-state index contributed by atoms with van der Waals surface area (Å²) in [5, 5.41) is 12.8. The molecule has 0 fully saturated rings. The molecule has 94 valence electrons. The molecule has 1 aliphatic heterocycles. The van der Waals surface area contributed by atoms with Crippen LogP contribution < -0.4 is 10.1 Å². The van der Waals surface area contributed by atoms with Gasteiger partial charge in [-0.05, 0) is 44.0 Å². The van der Waals surface area contributed by atoms with Gasteiger partial charge in [0.2, 0.25) is 0 Å². The number of hydrogen-bond donors (Lipinski definition) is 2. The van der Waals surface area contributed by atoms with Gasteiger partial charge in [-0.2, -0.15) is 0 Å². The average Bonchev–Trinajstić information content (AvgIpc) is 2.70. The second-order valence-electron chi connectivity index (χ2n) is 5.28. The van der Waals surface area contributed by atoms with Gasteiger partial charge in [0, 0.05) is 13.0 Å². The molecule has 3 nitrogen and oxygen atoms in total. The summed E-state index contributed by atoms with van der Waals surface area (Å²) in [4.78, 5) is 0. The van der Waals surface area contributed by atoms with Crippen molar-refractivity contribution in [2.24, 2.45) is 0 Å². The number of hydrogen-bond acceptors (Lipinski definition) is 3. The Labute approximate surface area is 103 Å². The van der Waals surface area contributed by atoms with Crippen molar-refractivity contribution in [1.82, 2.24) is 5.32 Å². The zero-order valence-electron chi connectivity index (χ0n) is 10.6. The molecule has 1 heterocycles. The van der Waals surface area contributed by atoms with E-state index in [1.165, 1.54) is 11.1 Å². The zero-order valence-corrected chi connectivity index (χ0v) is 10.6. The molecule has 1 aromatic carbocycles. The molecular formula is C14H21NO2.